The van der Waals surface area contributed by atoms with E-state index >= 15 is 0 Å². The van der Waals surface area contributed by atoms with E-state index in [1.165, 1.54) is 18.2 Å². The van der Waals surface area contributed by atoms with Crippen molar-refractivity contribution in [2.75, 3.05) is 34.3 Å². The summed E-state index contributed by atoms with van der Waals surface area (Å²) in [5, 5.41) is 18.3. The van der Waals surface area contributed by atoms with Gasteiger partial charge in [-0.1, -0.05) is 0 Å². The van der Waals surface area contributed by atoms with Crippen molar-refractivity contribution in [3.05, 3.63) is 23.8 Å². The Balaban J connectivity index is 2.64. The highest BCUT2D eigenvalue weighted by Gasteiger charge is 2.10. The van der Waals surface area contributed by atoms with Crippen LogP contribution in [0.1, 0.15) is 10.4 Å². The molecule has 0 aliphatic rings. The summed E-state index contributed by atoms with van der Waals surface area (Å²) in [4.78, 5) is 10.7. The number of carboxylic acids is 1. The second kappa shape index (κ2) is 5.05. The Morgan fingerprint density at radius 2 is 2.00 bits per heavy atom. The van der Waals surface area contributed by atoms with E-state index in [2.05, 4.69) is 0 Å². The summed E-state index contributed by atoms with van der Waals surface area (Å²) in [6, 6.07) is 4.06. The topological polar surface area (TPSA) is 66.8 Å². The molecule has 0 aliphatic carbocycles. The number of likely N-dealkylation sites (N-methyl/N-ethyl adjacent to an activating group) is 1. The van der Waals surface area contributed by atoms with E-state index in [0.717, 1.165) is 11.0 Å². The zero-order valence-corrected chi connectivity index (χ0v) is 10.3. The lowest BCUT2D eigenvalue weighted by molar-refractivity contribution is -0.870. The van der Waals surface area contributed by atoms with Crippen LogP contribution < -0.4 is 4.74 Å². The zero-order valence-electron chi connectivity index (χ0n) is 10.3. The highest BCUT2D eigenvalue weighted by atomic mass is 16.5. The van der Waals surface area contributed by atoms with E-state index in [4.69, 9.17) is 9.84 Å². The number of rotatable bonds is 5. The van der Waals surface area contributed by atoms with E-state index < -0.39 is 5.97 Å². The van der Waals surface area contributed by atoms with E-state index in [-0.39, 0.29) is 11.3 Å². The van der Waals surface area contributed by atoms with Crippen molar-refractivity contribution in [3.63, 3.8) is 0 Å². The summed E-state index contributed by atoms with van der Waals surface area (Å²) >= 11 is 0. The second-order valence-corrected chi connectivity index (χ2v) is 4.85. The first kappa shape index (κ1) is 13.3. The summed E-state index contributed by atoms with van der Waals surface area (Å²) < 4.78 is 6.15. The molecular weight excluding hydrogens is 222 g/mol. The summed E-state index contributed by atoms with van der Waals surface area (Å²) in [5.41, 5.74) is 0.0430. The fraction of sp³-hybridized carbons (Fsp3) is 0.417. The molecule has 0 aromatic heterocycles. The van der Waals surface area contributed by atoms with Gasteiger partial charge in [0.1, 0.15) is 13.2 Å². The number of hydrogen-bond donors (Lipinski definition) is 2. The summed E-state index contributed by atoms with van der Waals surface area (Å²) in [5.74, 6) is -0.909. The highest BCUT2D eigenvalue weighted by molar-refractivity contribution is 5.88. The third-order valence-electron chi connectivity index (χ3n) is 2.23. The van der Waals surface area contributed by atoms with E-state index in [0.29, 0.717) is 12.4 Å². The average molecular weight is 240 g/mol. The van der Waals surface area contributed by atoms with Crippen LogP contribution in [0.15, 0.2) is 18.2 Å². The van der Waals surface area contributed by atoms with Gasteiger partial charge < -0.3 is 19.4 Å². The molecule has 5 heteroatoms. The molecule has 0 heterocycles. The molecule has 0 spiro atoms. The van der Waals surface area contributed by atoms with Crippen molar-refractivity contribution in [3.8, 4) is 11.5 Å². The SMILES string of the molecule is C[N+](C)(C)CCOc1ccc(C(=O)O)cc1O. The molecule has 0 saturated carbocycles. The fourth-order valence-corrected chi connectivity index (χ4v) is 1.20. The van der Waals surface area contributed by atoms with Gasteiger partial charge in [0.15, 0.2) is 11.5 Å². The number of phenolic OH excluding ortho intramolecular Hbond substituents is 1. The second-order valence-electron chi connectivity index (χ2n) is 4.85. The molecule has 0 aliphatic heterocycles. The number of benzene rings is 1. The Bertz CT molecular complexity index is 409. The molecule has 0 radical (unpaired) electrons. The van der Waals surface area contributed by atoms with E-state index in [1.807, 2.05) is 21.1 Å². The third-order valence-corrected chi connectivity index (χ3v) is 2.23. The van der Waals surface area contributed by atoms with Crippen LogP contribution in [0.3, 0.4) is 0 Å². The van der Waals surface area contributed by atoms with Gasteiger partial charge in [0.2, 0.25) is 0 Å². The first-order valence-corrected chi connectivity index (χ1v) is 5.29. The zero-order chi connectivity index (χ0) is 13.1. The lowest BCUT2D eigenvalue weighted by atomic mass is 10.2. The maximum Gasteiger partial charge on any atom is 0.335 e. The van der Waals surface area contributed by atoms with Gasteiger partial charge in [0, 0.05) is 0 Å². The minimum atomic E-state index is -1.07. The summed E-state index contributed by atoms with van der Waals surface area (Å²) in [7, 11) is 6.12. The van der Waals surface area contributed by atoms with Crippen molar-refractivity contribution >= 4 is 5.97 Å². The van der Waals surface area contributed by atoms with Crippen molar-refractivity contribution in [1.82, 2.24) is 0 Å². The highest BCUT2D eigenvalue weighted by Crippen LogP contribution is 2.26. The number of carbonyl (C=O) groups is 1. The number of aromatic carboxylic acids is 1. The van der Waals surface area contributed by atoms with E-state index in [9.17, 15) is 9.90 Å². The molecule has 1 aromatic rings. The predicted octanol–water partition coefficient (Wildman–Crippen LogP) is 1.18. The van der Waals surface area contributed by atoms with Crippen molar-refractivity contribution in [2.45, 2.75) is 0 Å². The van der Waals surface area contributed by atoms with E-state index in [1.54, 1.807) is 0 Å². The first-order valence-electron chi connectivity index (χ1n) is 5.29. The molecule has 2 N–H and O–H groups in total. The molecule has 17 heavy (non-hydrogen) atoms. The minimum Gasteiger partial charge on any atom is -0.504 e. The van der Waals surface area contributed by atoms with Crippen LogP contribution >= 0.6 is 0 Å². The third kappa shape index (κ3) is 4.32. The maximum atomic E-state index is 10.7. The number of carboxylic acid groups (broad SMARTS) is 1. The molecule has 94 valence electrons. The summed E-state index contributed by atoms with van der Waals surface area (Å²) in [6.45, 7) is 1.25. The molecule has 1 aromatic carbocycles. The van der Waals surface area contributed by atoms with Crippen LogP contribution in [0.4, 0.5) is 0 Å². The normalized spacial score (nSPS) is 11.2. The van der Waals surface area contributed by atoms with Crippen LogP contribution in [-0.4, -0.2) is 55.0 Å². The maximum absolute atomic E-state index is 10.7. The molecule has 0 amide bonds. The fourth-order valence-electron chi connectivity index (χ4n) is 1.20. The van der Waals surface area contributed by atoms with Gasteiger partial charge >= 0.3 is 5.97 Å². The monoisotopic (exact) mass is 240 g/mol. The van der Waals surface area contributed by atoms with Gasteiger partial charge in [-0.15, -0.1) is 0 Å². The van der Waals surface area contributed by atoms with Crippen LogP contribution in [0.2, 0.25) is 0 Å². The predicted molar refractivity (Wildman–Crippen MR) is 63.5 cm³/mol. The molecule has 0 unspecified atom stereocenters. The van der Waals surface area contributed by atoms with Gasteiger partial charge in [-0.2, -0.15) is 0 Å². The number of ether oxygens (including phenoxy) is 1. The smallest absolute Gasteiger partial charge is 0.335 e. The first-order chi connectivity index (χ1) is 7.79. The van der Waals surface area contributed by atoms with Gasteiger partial charge in [0.05, 0.1) is 26.7 Å². The largest absolute Gasteiger partial charge is 0.504 e. The van der Waals surface area contributed by atoms with Crippen molar-refractivity contribution in [2.24, 2.45) is 0 Å². The minimum absolute atomic E-state index is 0.0430. The van der Waals surface area contributed by atoms with Crippen LogP contribution in [0, 0.1) is 0 Å². The van der Waals surface area contributed by atoms with Gasteiger partial charge in [-0.3, -0.25) is 0 Å². The lowest BCUT2D eigenvalue weighted by Crippen LogP contribution is -2.38. The molecule has 5 nitrogen and oxygen atoms in total. The quantitative estimate of drug-likeness (QED) is 0.758. The number of aromatic hydroxyl groups is 1. The summed E-state index contributed by atoms with van der Waals surface area (Å²) in [6.07, 6.45) is 0. The van der Waals surface area contributed by atoms with Crippen molar-refractivity contribution < 1.29 is 24.2 Å². The lowest BCUT2D eigenvalue weighted by Gasteiger charge is -2.23. The number of quaternary nitrogens is 1. The standard InChI is InChI=1S/C12H17NO4/c1-13(2,3)6-7-17-11-5-4-9(12(15)16)8-10(11)14/h4-5,8H,6-7H2,1-3H3,(H-,14,15,16)/p+1. The molecule has 0 atom stereocenters. The molecule has 0 fully saturated rings. The van der Waals surface area contributed by atoms with Crippen molar-refractivity contribution in [1.29, 1.82) is 0 Å². The van der Waals surface area contributed by atoms with Crippen LogP contribution in [-0.2, 0) is 0 Å². The Morgan fingerprint density at radius 3 is 2.47 bits per heavy atom. The molecular formula is C12H18NO4+. The molecule has 0 saturated heterocycles. The molecule has 0 bridgehead atoms. The average Bonchev–Trinajstić information content (AvgIpc) is 2.18. The Labute approximate surface area is 100 Å². The number of nitrogens with zero attached hydrogens (tertiary/aromatic N) is 1. The number of hydrogen-bond acceptors (Lipinski definition) is 3. The van der Waals surface area contributed by atoms with Gasteiger partial charge in [0.25, 0.3) is 0 Å². The number of phenols is 1. The van der Waals surface area contributed by atoms with Crippen LogP contribution in [0.25, 0.3) is 0 Å². The Hall–Kier alpha value is -1.75. The Kier molecular flexibility index (Phi) is 3.96. The Morgan fingerprint density at radius 1 is 1.35 bits per heavy atom. The molecule has 1 rings (SSSR count). The van der Waals surface area contributed by atoms with Gasteiger partial charge in [-0.05, 0) is 18.2 Å². The van der Waals surface area contributed by atoms with Gasteiger partial charge in [-0.25, -0.2) is 4.79 Å². The van der Waals surface area contributed by atoms with Crippen LogP contribution in [0.5, 0.6) is 11.5 Å².